The Morgan fingerprint density at radius 3 is 2.37 bits per heavy atom. The number of aliphatic imine (C=N–C) groups is 1. The van der Waals surface area contributed by atoms with Crippen molar-refractivity contribution < 1.29 is 4.79 Å². The van der Waals surface area contributed by atoms with Crippen LogP contribution in [-0.4, -0.2) is 86.0 Å². The minimum atomic E-state index is 0. The van der Waals surface area contributed by atoms with E-state index in [9.17, 15) is 4.79 Å². The fourth-order valence-electron chi connectivity index (χ4n) is 4.88. The third kappa shape index (κ3) is 5.95. The lowest BCUT2D eigenvalue weighted by Crippen LogP contribution is -2.46. The molecule has 0 aromatic rings. The molecule has 7 heteroatoms. The van der Waals surface area contributed by atoms with Crippen molar-refractivity contribution in [3.8, 4) is 0 Å². The third-order valence-electron chi connectivity index (χ3n) is 6.54. The molecule has 0 aromatic carbocycles. The van der Waals surface area contributed by atoms with Gasteiger partial charge in [0.05, 0.1) is 0 Å². The van der Waals surface area contributed by atoms with E-state index < -0.39 is 0 Å². The van der Waals surface area contributed by atoms with Gasteiger partial charge in [-0.25, -0.2) is 4.99 Å². The Bertz CT molecular complexity index is 499. The molecule has 1 aliphatic carbocycles. The summed E-state index contributed by atoms with van der Waals surface area (Å²) in [5, 5.41) is 3.64. The van der Waals surface area contributed by atoms with E-state index in [0.29, 0.717) is 6.04 Å². The van der Waals surface area contributed by atoms with Crippen LogP contribution in [-0.2, 0) is 4.79 Å². The monoisotopic (exact) mass is 491 g/mol. The summed E-state index contributed by atoms with van der Waals surface area (Å²) in [4.78, 5) is 23.4. The predicted molar refractivity (Wildman–Crippen MR) is 122 cm³/mol. The molecule has 3 rings (SSSR count). The van der Waals surface area contributed by atoms with E-state index >= 15 is 0 Å². The highest BCUT2D eigenvalue weighted by Crippen LogP contribution is 2.36. The van der Waals surface area contributed by atoms with Crippen molar-refractivity contribution in [1.82, 2.24) is 20.0 Å². The molecule has 27 heavy (non-hydrogen) atoms. The number of nitrogens with zero attached hydrogens (tertiary/aromatic N) is 4. The molecule has 0 aromatic heterocycles. The van der Waals surface area contributed by atoms with Gasteiger partial charge in [-0.15, -0.1) is 24.0 Å². The van der Waals surface area contributed by atoms with Crippen molar-refractivity contribution >= 4 is 35.8 Å². The summed E-state index contributed by atoms with van der Waals surface area (Å²) < 4.78 is 0. The van der Waals surface area contributed by atoms with Crippen molar-refractivity contribution in [3.05, 3.63) is 0 Å². The van der Waals surface area contributed by atoms with E-state index in [4.69, 9.17) is 4.99 Å². The highest BCUT2D eigenvalue weighted by Gasteiger charge is 2.36. The van der Waals surface area contributed by atoms with Gasteiger partial charge in [-0.1, -0.05) is 19.8 Å². The van der Waals surface area contributed by atoms with Crippen LogP contribution >= 0.6 is 24.0 Å². The summed E-state index contributed by atoms with van der Waals surface area (Å²) in [5.74, 6) is 2.66. The van der Waals surface area contributed by atoms with Gasteiger partial charge in [0.1, 0.15) is 6.54 Å². The Hall–Kier alpha value is -0.570. The number of carbonyl (C=O) groups is 1. The molecular formula is C20H38IN5O. The van der Waals surface area contributed by atoms with E-state index in [0.717, 1.165) is 44.0 Å². The van der Waals surface area contributed by atoms with E-state index in [1.165, 1.54) is 45.1 Å². The van der Waals surface area contributed by atoms with Crippen LogP contribution in [0.4, 0.5) is 0 Å². The lowest BCUT2D eigenvalue weighted by molar-refractivity contribution is -0.127. The Morgan fingerprint density at radius 1 is 1.11 bits per heavy atom. The average molecular weight is 491 g/mol. The van der Waals surface area contributed by atoms with Gasteiger partial charge in [0.15, 0.2) is 5.96 Å². The van der Waals surface area contributed by atoms with Crippen molar-refractivity contribution in [3.63, 3.8) is 0 Å². The van der Waals surface area contributed by atoms with E-state index in [1.54, 1.807) is 19.0 Å². The number of fused-ring (bicyclic) bond motifs is 1. The predicted octanol–water partition coefficient (Wildman–Crippen LogP) is 2.24. The topological polar surface area (TPSA) is 51.2 Å². The molecule has 2 saturated heterocycles. The molecule has 1 N–H and O–H groups in total. The van der Waals surface area contributed by atoms with Gasteiger partial charge in [-0.05, 0) is 50.6 Å². The number of rotatable bonds is 5. The maximum Gasteiger partial charge on any atom is 0.243 e. The zero-order valence-corrected chi connectivity index (χ0v) is 19.7. The van der Waals surface area contributed by atoms with Gasteiger partial charge in [0.2, 0.25) is 5.91 Å². The number of halogens is 1. The molecule has 156 valence electrons. The zero-order chi connectivity index (χ0) is 18.5. The second-order valence-corrected chi connectivity index (χ2v) is 8.44. The van der Waals surface area contributed by atoms with Crippen molar-refractivity contribution in [2.75, 3.05) is 53.4 Å². The normalized spacial score (nSPS) is 28.6. The van der Waals surface area contributed by atoms with Gasteiger partial charge in [-0.3, -0.25) is 9.69 Å². The molecule has 1 amide bonds. The quantitative estimate of drug-likeness (QED) is 0.364. The number of amides is 1. The maximum atomic E-state index is 12.0. The molecule has 1 saturated carbocycles. The fourth-order valence-corrected chi connectivity index (χ4v) is 4.88. The molecule has 2 aliphatic heterocycles. The van der Waals surface area contributed by atoms with Crippen LogP contribution < -0.4 is 5.32 Å². The minimum absolute atomic E-state index is 0. The minimum Gasteiger partial charge on any atom is -0.355 e. The van der Waals surface area contributed by atoms with E-state index in [-0.39, 0.29) is 36.4 Å². The van der Waals surface area contributed by atoms with Gasteiger partial charge in [0, 0.05) is 39.8 Å². The Kier molecular flexibility index (Phi) is 9.11. The average Bonchev–Trinajstić information content (AvgIpc) is 3.27. The molecule has 6 nitrogen and oxygen atoms in total. The largest absolute Gasteiger partial charge is 0.355 e. The van der Waals surface area contributed by atoms with Gasteiger partial charge in [0.25, 0.3) is 0 Å². The number of hydrogen-bond acceptors (Lipinski definition) is 3. The molecular weight excluding hydrogens is 453 g/mol. The first kappa shape index (κ1) is 22.7. The SMILES string of the molecule is CCN1CCCC1CNC(=NCC(=O)N(C)C)N1CC2CCCCC2C1.I. The Labute approximate surface area is 182 Å². The van der Waals surface area contributed by atoms with Gasteiger partial charge < -0.3 is 15.1 Å². The van der Waals surface area contributed by atoms with Crippen LogP contribution in [0.15, 0.2) is 4.99 Å². The number of nitrogens with one attached hydrogen (secondary N) is 1. The highest BCUT2D eigenvalue weighted by atomic mass is 127. The molecule has 0 radical (unpaired) electrons. The molecule has 0 spiro atoms. The van der Waals surface area contributed by atoms with Crippen molar-refractivity contribution in [2.24, 2.45) is 16.8 Å². The van der Waals surface area contributed by atoms with Crippen LogP contribution in [0.5, 0.6) is 0 Å². The lowest BCUT2D eigenvalue weighted by Gasteiger charge is -2.27. The van der Waals surface area contributed by atoms with Crippen molar-refractivity contribution in [2.45, 2.75) is 51.5 Å². The summed E-state index contributed by atoms with van der Waals surface area (Å²) in [6.07, 6.45) is 8.02. The smallest absolute Gasteiger partial charge is 0.243 e. The third-order valence-corrected chi connectivity index (χ3v) is 6.54. The first-order valence-corrected chi connectivity index (χ1v) is 10.6. The molecule has 2 heterocycles. The number of likely N-dealkylation sites (tertiary alicyclic amines) is 2. The van der Waals surface area contributed by atoms with Crippen LogP contribution in [0.2, 0.25) is 0 Å². The standard InChI is InChI=1S/C20H37N5O.HI/c1-4-24-11-7-10-18(24)12-21-20(22-13-19(26)23(2)3)25-14-16-8-5-6-9-17(16)15-25;/h16-18H,4-15H2,1-3H3,(H,21,22);1H. The Balaban J connectivity index is 0.00000261. The summed E-state index contributed by atoms with van der Waals surface area (Å²) in [5.41, 5.74) is 0. The second kappa shape index (κ2) is 10.8. The lowest BCUT2D eigenvalue weighted by atomic mass is 9.82. The van der Waals surface area contributed by atoms with Crippen LogP contribution in [0, 0.1) is 11.8 Å². The van der Waals surface area contributed by atoms with Crippen LogP contribution in [0.1, 0.15) is 45.4 Å². The molecule has 3 fully saturated rings. The van der Waals surface area contributed by atoms with Gasteiger partial charge >= 0.3 is 0 Å². The number of carbonyl (C=O) groups excluding carboxylic acids is 1. The molecule has 3 aliphatic rings. The van der Waals surface area contributed by atoms with E-state index in [1.807, 2.05) is 0 Å². The number of likely N-dealkylation sites (N-methyl/N-ethyl adjacent to an activating group) is 2. The summed E-state index contributed by atoms with van der Waals surface area (Å²) in [6, 6.07) is 0.597. The molecule has 3 atom stereocenters. The first-order chi connectivity index (χ1) is 12.6. The molecule has 0 bridgehead atoms. The van der Waals surface area contributed by atoms with E-state index in [2.05, 4.69) is 22.0 Å². The Morgan fingerprint density at radius 2 is 1.78 bits per heavy atom. The van der Waals surface area contributed by atoms with Crippen molar-refractivity contribution in [1.29, 1.82) is 0 Å². The second-order valence-electron chi connectivity index (χ2n) is 8.44. The number of guanidine groups is 1. The summed E-state index contributed by atoms with van der Waals surface area (Å²) in [7, 11) is 3.60. The van der Waals surface area contributed by atoms with Crippen LogP contribution in [0.25, 0.3) is 0 Å². The summed E-state index contributed by atoms with van der Waals surface area (Å²) >= 11 is 0. The van der Waals surface area contributed by atoms with Gasteiger partial charge in [-0.2, -0.15) is 0 Å². The molecule has 3 unspecified atom stereocenters. The van der Waals surface area contributed by atoms with Crippen LogP contribution in [0.3, 0.4) is 0 Å². The summed E-state index contributed by atoms with van der Waals surface area (Å²) in [6.45, 7) is 7.96. The first-order valence-electron chi connectivity index (χ1n) is 10.6. The number of hydrogen-bond donors (Lipinski definition) is 1. The highest BCUT2D eigenvalue weighted by molar-refractivity contribution is 14.0. The maximum absolute atomic E-state index is 12.0. The zero-order valence-electron chi connectivity index (χ0n) is 17.3. The fraction of sp³-hybridized carbons (Fsp3) is 0.900.